The summed E-state index contributed by atoms with van der Waals surface area (Å²) in [5, 5.41) is 0. The number of amides is 1. The van der Waals surface area contributed by atoms with E-state index in [-0.39, 0.29) is 29.0 Å². The summed E-state index contributed by atoms with van der Waals surface area (Å²) >= 11 is 0. The highest BCUT2D eigenvalue weighted by Gasteiger charge is 2.53. The summed E-state index contributed by atoms with van der Waals surface area (Å²) in [4.78, 5) is 52.5. The molecule has 2 unspecified atom stereocenters. The zero-order valence-corrected chi connectivity index (χ0v) is 17.7. The Labute approximate surface area is 189 Å². The third-order valence-electron chi connectivity index (χ3n) is 5.53. The van der Waals surface area contributed by atoms with E-state index in [0.717, 1.165) is 4.90 Å². The van der Waals surface area contributed by atoms with E-state index in [0.29, 0.717) is 0 Å². The topological polar surface area (TPSA) is 80.8 Å². The summed E-state index contributed by atoms with van der Waals surface area (Å²) in [6, 6.07) is 18.6. The van der Waals surface area contributed by atoms with Crippen LogP contribution in [0.4, 0.5) is 10.1 Å². The largest absolute Gasteiger partial charge is 0.462 e. The van der Waals surface area contributed by atoms with Crippen LogP contribution in [0.1, 0.15) is 39.2 Å². The Kier molecular flexibility index (Phi) is 6.13. The SMILES string of the molecule is CCOC(=O)c1ccc(N2C(=O)C(=O)C(C(=O)c3ccccc3)C2c2ccccc2F)cc1. The van der Waals surface area contributed by atoms with Gasteiger partial charge in [-0.2, -0.15) is 0 Å². The number of hydrogen-bond donors (Lipinski definition) is 0. The number of carbonyl (C=O) groups excluding carboxylic acids is 4. The molecule has 0 N–H and O–H groups in total. The van der Waals surface area contributed by atoms with E-state index in [1.54, 1.807) is 43.3 Å². The van der Waals surface area contributed by atoms with E-state index in [1.807, 2.05) is 0 Å². The van der Waals surface area contributed by atoms with E-state index in [2.05, 4.69) is 0 Å². The van der Waals surface area contributed by atoms with Crippen molar-refractivity contribution in [3.05, 3.63) is 101 Å². The average molecular weight is 445 g/mol. The number of carbonyl (C=O) groups is 4. The maximum Gasteiger partial charge on any atom is 0.338 e. The minimum absolute atomic E-state index is 0.0560. The number of rotatable bonds is 6. The summed E-state index contributed by atoms with van der Waals surface area (Å²) in [6.45, 7) is 1.89. The zero-order valence-electron chi connectivity index (χ0n) is 17.7. The number of anilines is 1. The zero-order chi connectivity index (χ0) is 23.5. The first-order valence-electron chi connectivity index (χ1n) is 10.4. The number of benzene rings is 3. The fourth-order valence-corrected chi connectivity index (χ4v) is 4.00. The molecule has 0 aliphatic carbocycles. The lowest BCUT2D eigenvalue weighted by Crippen LogP contribution is -2.31. The number of Topliss-reactive ketones (excluding diaryl/α,β-unsaturated/α-hetero) is 2. The molecular formula is C26H20FNO5. The quantitative estimate of drug-likeness (QED) is 0.246. The molecule has 1 fully saturated rings. The molecule has 1 amide bonds. The van der Waals surface area contributed by atoms with Crippen LogP contribution in [0.25, 0.3) is 0 Å². The Hall–Kier alpha value is -4.13. The Morgan fingerprint density at radius 2 is 1.52 bits per heavy atom. The van der Waals surface area contributed by atoms with Crippen LogP contribution in [0, 0.1) is 11.7 Å². The summed E-state index contributed by atoms with van der Waals surface area (Å²) in [5.74, 6) is -4.97. The molecule has 0 spiro atoms. The van der Waals surface area contributed by atoms with Crippen LogP contribution >= 0.6 is 0 Å². The summed E-state index contributed by atoms with van der Waals surface area (Å²) in [5.41, 5.74) is 0.834. The van der Waals surface area contributed by atoms with Gasteiger partial charge in [-0.1, -0.05) is 48.5 Å². The van der Waals surface area contributed by atoms with Crippen LogP contribution in [0.3, 0.4) is 0 Å². The van der Waals surface area contributed by atoms with Crippen molar-refractivity contribution in [3.8, 4) is 0 Å². The van der Waals surface area contributed by atoms with Crippen molar-refractivity contribution in [1.82, 2.24) is 0 Å². The molecule has 166 valence electrons. The van der Waals surface area contributed by atoms with Gasteiger partial charge >= 0.3 is 5.97 Å². The Morgan fingerprint density at radius 1 is 0.879 bits per heavy atom. The minimum atomic E-state index is -1.42. The summed E-state index contributed by atoms with van der Waals surface area (Å²) < 4.78 is 19.8. The maximum atomic E-state index is 14.9. The molecule has 2 atom stereocenters. The number of nitrogens with zero attached hydrogens (tertiary/aromatic N) is 1. The van der Waals surface area contributed by atoms with Crippen LogP contribution < -0.4 is 4.90 Å². The summed E-state index contributed by atoms with van der Waals surface area (Å²) in [6.07, 6.45) is 0. The van der Waals surface area contributed by atoms with Crippen LogP contribution in [0.15, 0.2) is 78.9 Å². The van der Waals surface area contributed by atoms with Crippen molar-refractivity contribution < 1.29 is 28.3 Å². The fraction of sp³-hybridized carbons (Fsp3) is 0.154. The van der Waals surface area contributed by atoms with Crippen molar-refractivity contribution in [3.63, 3.8) is 0 Å². The molecule has 0 saturated carbocycles. The van der Waals surface area contributed by atoms with Crippen molar-refractivity contribution in [1.29, 1.82) is 0 Å². The normalized spacial score (nSPS) is 17.8. The highest BCUT2D eigenvalue weighted by molar-refractivity contribution is 6.49. The molecule has 1 saturated heterocycles. The van der Waals surface area contributed by atoms with Gasteiger partial charge in [0, 0.05) is 16.8 Å². The van der Waals surface area contributed by atoms with E-state index >= 15 is 0 Å². The molecular weight excluding hydrogens is 425 g/mol. The summed E-state index contributed by atoms with van der Waals surface area (Å²) in [7, 11) is 0. The predicted octanol–water partition coefficient (Wildman–Crippen LogP) is 4.16. The van der Waals surface area contributed by atoms with Crippen molar-refractivity contribution in [2.75, 3.05) is 11.5 Å². The average Bonchev–Trinajstić information content (AvgIpc) is 3.10. The lowest BCUT2D eigenvalue weighted by atomic mass is 9.86. The van der Waals surface area contributed by atoms with Gasteiger partial charge < -0.3 is 4.74 Å². The Morgan fingerprint density at radius 3 is 2.15 bits per heavy atom. The second kappa shape index (κ2) is 9.16. The van der Waals surface area contributed by atoms with Crippen LogP contribution in [-0.2, 0) is 14.3 Å². The molecule has 0 radical (unpaired) electrons. The van der Waals surface area contributed by atoms with Crippen molar-refractivity contribution >= 4 is 29.1 Å². The van der Waals surface area contributed by atoms with E-state index in [4.69, 9.17) is 4.74 Å². The van der Waals surface area contributed by atoms with Gasteiger partial charge in [-0.05, 0) is 37.3 Å². The monoisotopic (exact) mass is 445 g/mol. The van der Waals surface area contributed by atoms with Gasteiger partial charge in [0.05, 0.1) is 18.2 Å². The molecule has 7 heteroatoms. The van der Waals surface area contributed by atoms with Gasteiger partial charge in [-0.25, -0.2) is 9.18 Å². The highest BCUT2D eigenvalue weighted by Crippen LogP contribution is 2.42. The van der Waals surface area contributed by atoms with Gasteiger partial charge in [0.25, 0.3) is 5.91 Å². The minimum Gasteiger partial charge on any atom is -0.462 e. The van der Waals surface area contributed by atoms with E-state index < -0.39 is 41.2 Å². The number of halogens is 1. The first-order valence-corrected chi connectivity index (χ1v) is 10.4. The van der Waals surface area contributed by atoms with Gasteiger partial charge in [0.2, 0.25) is 5.78 Å². The number of ketones is 2. The molecule has 3 aromatic rings. The first kappa shape index (κ1) is 22.1. The molecule has 1 heterocycles. The van der Waals surface area contributed by atoms with E-state index in [1.165, 1.54) is 42.5 Å². The number of ether oxygens (including phenoxy) is 1. The van der Waals surface area contributed by atoms with Crippen LogP contribution in [0.5, 0.6) is 0 Å². The molecule has 1 aliphatic rings. The first-order chi connectivity index (χ1) is 15.9. The molecule has 33 heavy (non-hydrogen) atoms. The highest BCUT2D eigenvalue weighted by atomic mass is 19.1. The molecule has 1 aliphatic heterocycles. The molecule has 6 nitrogen and oxygen atoms in total. The Balaban J connectivity index is 1.81. The van der Waals surface area contributed by atoms with Crippen LogP contribution in [-0.4, -0.2) is 30.0 Å². The lowest BCUT2D eigenvalue weighted by molar-refractivity contribution is -0.135. The third kappa shape index (κ3) is 4.05. The Bertz CT molecular complexity index is 1220. The van der Waals surface area contributed by atoms with Crippen molar-refractivity contribution in [2.45, 2.75) is 13.0 Å². The second-order valence-electron chi connectivity index (χ2n) is 7.48. The second-order valence-corrected chi connectivity index (χ2v) is 7.48. The molecule has 0 bridgehead atoms. The molecule has 4 rings (SSSR count). The van der Waals surface area contributed by atoms with Gasteiger partial charge in [-0.3, -0.25) is 19.3 Å². The lowest BCUT2D eigenvalue weighted by Gasteiger charge is -2.27. The molecule has 3 aromatic carbocycles. The number of hydrogen-bond acceptors (Lipinski definition) is 5. The predicted molar refractivity (Wildman–Crippen MR) is 118 cm³/mol. The van der Waals surface area contributed by atoms with Gasteiger partial charge in [0.15, 0.2) is 5.78 Å². The maximum absolute atomic E-state index is 14.9. The third-order valence-corrected chi connectivity index (χ3v) is 5.53. The van der Waals surface area contributed by atoms with Gasteiger partial charge in [-0.15, -0.1) is 0 Å². The molecule has 0 aromatic heterocycles. The van der Waals surface area contributed by atoms with Crippen LogP contribution in [0.2, 0.25) is 0 Å². The standard InChI is InChI=1S/C26H20FNO5/c1-2-33-26(32)17-12-14-18(15-13-17)28-22(19-10-6-7-11-20(19)27)21(24(30)25(28)31)23(29)16-8-4-3-5-9-16/h3-15,21-22H,2H2,1H3. The van der Waals surface area contributed by atoms with E-state index in [9.17, 15) is 23.6 Å². The van der Waals surface area contributed by atoms with Gasteiger partial charge in [0.1, 0.15) is 11.7 Å². The van der Waals surface area contributed by atoms with Crippen molar-refractivity contribution in [2.24, 2.45) is 5.92 Å². The fourth-order valence-electron chi connectivity index (χ4n) is 4.00. The number of esters is 1. The smallest absolute Gasteiger partial charge is 0.338 e.